The Morgan fingerprint density at radius 3 is 1.44 bits per heavy atom. The summed E-state index contributed by atoms with van der Waals surface area (Å²) in [6.07, 6.45) is 0. The van der Waals surface area contributed by atoms with Crippen molar-refractivity contribution in [3.05, 3.63) is 243 Å². The van der Waals surface area contributed by atoms with E-state index in [9.17, 15) is 0 Å². The molecule has 4 heteroatoms. The Hall–Kier alpha value is -7.76. The number of thiophene rings is 1. The van der Waals surface area contributed by atoms with Crippen molar-refractivity contribution in [1.82, 2.24) is 9.13 Å². The molecule has 0 radical (unpaired) electrons. The fraction of sp³-hybridized carbons (Fsp3) is 0. The van der Waals surface area contributed by atoms with Crippen LogP contribution >= 0.6 is 11.3 Å². The van der Waals surface area contributed by atoms with Gasteiger partial charge in [-0.25, -0.2) is 0 Å². The average Bonchev–Trinajstić information content (AvgIpc) is 4.03. The van der Waals surface area contributed by atoms with E-state index in [1.54, 1.807) is 0 Å². The first kappa shape index (κ1) is 36.9. The van der Waals surface area contributed by atoms with E-state index >= 15 is 0 Å². The molecule has 0 aliphatic carbocycles. The Labute approximate surface area is 376 Å². The van der Waals surface area contributed by atoms with Gasteiger partial charge >= 0.3 is 0 Å². The highest BCUT2D eigenvalue weighted by Crippen LogP contribution is 2.43. The Morgan fingerprint density at radius 2 is 0.797 bits per heavy atom. The van der Waals surface area contributed by atoms with Crippen molar-refractivity contribution in [3.8, 4) is 22.5 Å². The van der Waals surface area contributed by atoms with E-state index in [-0.39, 0.29) is 0 Å². The van der Waals surface area contributed by atoms with Gasteiger partial charge in [-0.3, -0.25) is 0 Å². The van der Waals surface area contributed by atoms with Crippen molar-refractivity contribution < 1.29 is 0 Å². The van der Waals surface area contributed by atoms with Crippen molar-refractivity contribution in [1.29, 1.82) is 0 Å². The molecule has 0 aliphatic rings. The zero-order valence-corrected chi connectivity index (χ0v) is 36.7. The number of para-hydroxylation sites is 4. The normalized spacial score (nSPS) is 12.1. The van der Waals surface area contributed by atoms with Gasteiger partial charge in [0.2, 0.25) is 0 Å². The molecule has 10 aromatic carbocycles. The molecule has 13 rings (SSSR count). The number of fused-ring (bicyclic) bond motifs is 9. The molecule has 2 nitrogen and oxygen atoms in total. The predicted molar refractivity (Wildman–Crippen MR) is 277 cm³/mol. The van der Waals surface area contributed by atoms with Crippen molar-refractivity contribution in [3.63, 3.8) is 0 Å². The zero-order valence-electron chi connectivity index (χ0n) is 34.9. The fourth-order valence-corrected chi connectivity index (χ4v) is 16.6. The summed E-state index contributed by atoms with van der Waals surface area (Å²) in [7, 11) is -2.71. The topological polar surface area (TPSA) is 9.86 Å². The monoisotopic (exact) mass is 848 g/mol. The first-order chi connectivity index (χ1) is 31.8. The summed E-state index contributed by atoms with van der Waals surface area (Å²) < 4.78 is 7.69. The summed E-state index contributed by atoms with van der Waals surface area (Å²) in [5.74, 6) is 0. The third-order valence-corrected chi connectivity index (χ3v) is 19.4. The molecule has 0 saturated carbocycles. The summed E-state index contributed by atoms with van der Waals surface area (Å²) in [5, 5.41) is 13.0. The highest BCUT2D eigenvalue weighted by molar-refractivity contribution is 7.25. The minimum absolute atomic E-state index is 1.13. The molecule has 0 bridgehead atoms. The Morgan fingerprint density at radius 1 is 0.312 bits per heavy atom. The highest BCUT2D eigenvalue weighted by Gasteiger charge is 2.41. The molecule has 3 aromatic heterocycles. The second-order valence-corrected chi connectivity index (χ2v) is 21.7. The third kappa shape index (κ3) is 5.43. The summed E-state index contributed by atoms with van der Waals surface area (Å²) in [6.45, 7) is 0. The molecule has 0 unspecified atom stereocenters. The van der Waals surface area contributed by atoms with Crippen molar-refractivity contribution in [2.75, 3.05) is 0 Å². The molecule has 13 aromatic rings. The Balaban J connectivity index is 1.08. The van der Waals surface area contributed by atoms with Crippen molar-refractivity contribution >= 4 is 104 Å². The van der Waals surface area contributed by atoms with Crippen LogP contribution in [0.25, 0.3) is 86.3 Å². The molecule has 0 N–H and O–H groups in total. The number of aromatic nitrogens is 2. The van der Waals surface area contributed by atoms with Crippen LogP contribution in [-0.4, -0.2) is 17.2 Å². The van der Waals surface area contributed by atoms with Gasteiger partial charge in [0.1, 0.15) is 0 Å². The van der Waals surface area contributed by atoms with E-state index in [0.29, 0.717) is 0 Å². The maximum absolute atomic E-state index is 2.71. The third-order valence-electron chi connectivity index (χ3n) is 13.5. The first-order valence-electron chi connectivity index (χ1n) is 22.0. The molecule has 0 fully saturated rings. The smallest absolute Gasteiger partial charge is 0.179 e. The number of hydrogen-bond donors (Lipinski definition) is 0. The van der Waals surface area contributed by atoms with Crippen molar-refractivity contribution in [2.24, 2.45) is 0 Å². The van der Waals surface area contributed by atoms with Gasteiger partial charge in [-0.15, -0.1) is 11.3 Å². The van der Waals surface area contributed by atoms with Crippen LogP contribution in [0, 0.1) is 0 Å². The molecule has 0 amide bonds. The zero-order chi connectivity index (χ0) is 42.2. The molecule has 0 spiro atoms. The van der Waals surface area contributed by atoms with Crippen LogP contribution in [0.2, 0.25) is 0 Å². The van der Waals surface area contributed by atoms with Gasteiger partial charge in [-0.2, -0.15) is 0 Å². The second-order valence-electron chi connectivity index (χ2n) is 16.8. The largest absolute Gasteiger partial charge is 0.307 e. The van der Waals surface area contributed by atoms with E-state index < -0.39 is 8.07 Å². The molecular weight excluding hydrogens is 809 g/mol. The summed E-state index contributed by atoms with van der Waals surface area (Å²) in [5.41, 5.74) is 9.51. The van der Waals surface area contributed by atoms with E-state index in [4.69, 9.17) is 0 Å². The standard InChI is InChI=1S/C60H40N2SSi/c1-4-18-43(19-5-1)64(44-20-6-2-7-21-44,45-22-8-3-9-23-45)46-37-35-42(36-38-46)61-54-30-13-10-25-49(54)52-29-17-32-56(60(52)61)62-55-31-14-11-24-48(55)51-28-16-27-47(59(51)62)41-34-39-58-53(40-41)50-26-12-15-33-57(50)63-58/h1-40H. The highest BCUT2D eigenvalue weighted by atomic mass is 32.1. The van der Waals surface area contributed by atoms with Crippen LogP contribution in [0.4, 0.5) is 0 Å². The average molecular weight is 849 g/mol. The van der Waals surface area contributed by atoms with Gasteiger partial charge in [-0.05, 0) is 74.8 Å². The Kier molecular flexibility index (Phi) is 8.45. The van der Waals surface area contributed by atoms with Crippen LogP contribution in [0.3, 0.4) is 0 Å². The minimum atomic E-state index is -2.71. The quantitative estimate of drug-likeness (QED) is 0.112. The fourth-order valence-electron chi connectivity index (χ4n) is 10.8. The minimum Gasteiger partial charge on any atom is -0.307 e. The summed E-state index contributed by atoms with van der Waals surface area (Å²) in [6, 6.07) is 90.5. The van der Waals surface area contributed by atoms with Gasteiger partial charge in [0.15, 0.2) is 8.07 Å². The molecule has 0 saturated heterocycles. The molecule has 3 heterocycles. The van der Waals surface area contributed by atoms with Gasteiger partial charge in [-0.1, -0.05) is 194 Å². The first-order valence-corrected chi connectivity index (χ1v) is 24.8. The molecule has 300 valence electrons. The summed E-state index contributed by atoms with van der Waals surface area (Å²) >= 11 is 1.87. The van der Waals surface area contributed by atoms with Gasteiger partial charge in [0.25, 0.3) is 0 Å². The van der Waals surface area contributed by atoms with E-state index in [0.717, 1.165) is 11.4 Å². The lowest BCUT2D eigenvalue weighted by atomic mass is 10.00. The molecule has 64 heavy (non-hydrogen) atoms. The lowest BCUT2D eigenvalue weighted by Crippen LogP contribution is -2.74. The predicted octanol–water partition coefficient (Wildman–Crippen LogP) is 13.3. The van der Waals surface area contributed by atoms with E-state index in [1.165, 1.54) is 95.7 Å². The number of rotatable bonds is 7. The van der Waals surface area contributed by atoms with Gasteiger partial charge in [0, 0.05) is 53.0 Å². The van der Waals surface area contributed by atoms with Gasteiger partial charge < -0.3 is 9.13 Å². The van der Waals surface area contributed by atoms with Gasteiger partial charge in [0.05, 0.1) is 27.8 Å². The van der Waals surface area contributed by atoms with Crippen LogP contribution in [0.5, 0.6) is 0 Å². The molecular formula is C60H40N2SSi. The van der Waals surface area contributed by atoms with Crippen LogP contribution in [0.1, 0.15) is 0 Å². The van der Waals surface area contributed by atoms with Crippen LogP contribution < -0.4 is 20.7 Å². The second kappa shape index (κ2) is 14.7. The lowest BCUT2D eigenvalue weighted by Gasteiger charge is -2.34. The number of hydrogen-bond acceptors (Lipinski definition) is 1. The number of benzene rings is 10. The maximum Gasteiger partial charge on any atom is 0.179 e. The van der Waals surface area contributed by atoms with E-state index in [2.05, 4.69) is 252 Å². The summed E-state index contributed by atoms with van der Waals surface area (Å²) in [4.78, 5) is 0. The maximum atomic E-state index is 2.54. The molecule has 0 aliphatic heterocycles. The molecule has 0 atom stereocenters. The van der Waals surface area contributed by atoms with Crippen molar-refractivity contribution in [2.45, 2.75) is 0 Å². The lowest BCUT2D eigenvalue weighted by molar-refractivity contribution is 1.13. The van der Waals surface area contributed by atoms with Crippen LogP contribution in [-0.2, 0) is 0 Å². The SMILES string of the molecule is c1ccc([Si](c2ccccc2)(c2ccccc2)c2ccc(-n3c4ccccc4c4cccc(-n5c6ccccc6c6cccc(-c7ccc8sc9ccccc9c8c7)c65)c43)cc2)cc1. The Bertz CT molecular complexity index is 3790. The van der Waals surface area contributed by atoms with E-state index in [1.807, 2.05) is 11.3 Å². The number of nitrogens with zero attached hydrogens (tertiary/aromatic N) is 2. The van der Waals surface area contributed by atoms with Crippen LogP contribution in [0.15, 0.2) is 243 Å².